The van der Waals surface area contributed by atoms with Gasteiger partial charge in [-0.25, -0.2) is 9.48 Å². The van der Waals surface area contributed by atoms with E-state index in [-0.39, 0.29) is 0 Å². The molecule has 0 aliphatic rings. The summed E-state index contributed by atoms with van der Waals surface area (Å²) in [4.78, 5) is 11.9. The molecule has 110 valence electrons. The molecule has 0 aliphatic heterocycles. The van der Waals surface area contributed by atoms with Crippen LogP contribution in [0.3, 0.4) is 0 Å². The average Bonchev–Trinajstić information content (AvgIpc) is 2.98. The molecule has 2 aromatic carbocycles. The first kappa shape index (κ1) is 14.0. The van der Waals surface area contributed by atoms with E-state index in [9.17, 15) is 4.79 Å². The Hall–Kier alpha value is -2.95. The summed E-state index contributed by atoms with van der Waals surface area (Å²) in [5.41, 5.74) is 3.11. The molecular formula is C17H15N3O2. The van der Waals surface area contributed by atoms with Gasteiger partial charge in [0.05, 0.1) is 17.8 Å². The molecule has 0 amide bonds. The minimum Gasteiger partial charge on any atom is -0.463 e. The van der Waals surface area contributed by atoms with Gasteiger partial charge in [-0.05, 0) is 19.1 Å². The van der Waals surface area contributed by atoms with Gasteiger partial charge < -0.3 is 4.74 Å². The van der Waals surface area contributed by atoms with Crippen LogP contribution < -0.4 is 0 Å². The van der Waals surface area contributed by atoms with Crippen LogP contribution in [0.25, 0.3) is 16.7 Å². The van der Waals surface area contributed by atoms with Gasteiger partial charge in [0, 0.05) is 11.6 Å². The minimum absolute atomic E-state index is 0.329. The molecule has 1 aromatic heterocycles. The summed E-state index contributed by atoms with van der Waals surface area (Å²) in [6, 6.07) is 17.2. The van der Waals surface area contributed by atoms with E-state index in [1.165, 1.54) is 6.08 Å². The Morgan fingerprint density at radius 1 is 1.14 bits per heavy atom. The number of para-hydroxylation sites is 1. The predicted molar refractivity (Wildman–Crippen MR) is 84.0 cm³/mol. The fourth-order valence-corrected chi connectivity index (χ4v) is 2.22. The molecule has 0 saturated carbocycles. The highest BCUT2D eigenvalue weighted by molar-refractivity contribution is 5.93. The molecule has 0 saturated heterocycles. The molecular weight excluding hydrogens is 278 g/mol. The summed E-state index contributed by atoms with van der Waals surface area (Å²) in [5.74, 6) is -0.402. The third-order valence-electron chi connectivity index (χ3n) is 3.19. The number of carbonyl (C=O) groups is 1. The number of esters is 1. The van der Waals surface area contributed by atoms with Gasteiger partial charge in [-0.2, -0.15) is 0 Å². The molecule has 5 heteroatoms. The summed E-state index contributed by atoms with van der Waals surface area (Å²) in [6.07, 6.45) is 1.44. The first-order valence-electron chi connectivity index (χ1n) is 7.04. The van der Waals surface area contributed by atoms with Crippen LogP contribution in [0.2, 0.25) is 0 Å². The van der Waals surface area contributed by atoms with Crippen LogP contribution in [0.4, 0.5) is 0 Å². The molecule has 22 heavy (non-hydrogen) atoms. The monoisotopic (exact) mass is 293 g/mol. The van der Waals surface area contributed by atoms with Crippen molar-refractivity contribution in [3.63, 3.8) is 0 Å². The van der Waals surface area contributed by atoms with Crippen molar-refractivity contribution >= 4 is 22.7 Å². The van der Waals surface area contributed by atoms with E-state index < -0.39 is 5.97 Å². The van der Waals surface area contributed by atoms with Gasteiger partial charge in [-0.1, -0.05) is 47.7 Å². The fourth-order valence-electron chi connectivity index (χ4n) is 2.22. The molecule has 0 atom stereocenters. The van der Waals surface area contributed by atoms with E-state index in [2.05, 4.69) is 10.3 Å². The summed E-state index contributed by atoms with van der Waals surface area (Å²) in [5, 5.41) is 8.31. The Morgan fingerprint density at radius 3 is 2.64 bits per heavy atom. The van der Waals surface area contributed by atoms with Crippen LogP contribution in [-0.4, -0.2) is 27.6 Å². The standard InChI is InChI=1S/C17H15N3O2/c1-2-22-17(21)12-16(13-8-4-3-5-9-13)20-15-11-7-6-10-14(15)18-19-20/h3-12H,2H2,1H3/b16-12+. The van der Waals surface area contributed by atoms with Crippen LogP contribution in [0.5, 0.6) is 0 Å². The number of hydrogen-bond acceptors (Lipinski definition) is 4. The molecule has 0 spiro atoms. The molecule has 1 heterocycles. The van der Waals surface area contributed by atoms with E-state index in [4.69, 9.17) is 4.74 Å². The fraction of sp³-hybridized carbons (Fsp3) is 0.118. The van der Waals surface area contributed by atoms with Gasteiger partial charge >= 0.3 is 5.97 Å². The largest absolute Gasteiger partial charge is 0.463 e. The lowest BCUT2D eigenvalue weighted by Gasteiger charge is -2.08. The molecule has 0 radical (unpaired) electrons. The SMILES string of the molecule is CCOC(=O)/C=C(\c1ccccc1)n1nnc2ccccc21. The van der Waals surface area contributed by atoms with E-state index >= 15 is 0 Å². The zero-order chi connectivity index (χ0) is 15.4. The number of benzene rings is 2. The second-order valence-electron chi connectivity index (χ2n) is 4.64. The van der Waals surface area contributed by atoms with Crippen LogP contribution in [-0.2, 0) is 9.53 Å². The van der Waals surface area contributed by atoms with Gasteiger partial charge in [-0.15, -0.1) is 5.10 Å². The van der Waals surface area contributed by atoms with Crippen molar-refractivity contribution in [3.8, 4) is 0 Å². The van der Waals surface area contributed by atoms with Crippen molar-refractivity contribution in [2.45, 2.75) is 6.92 Å². The van der Waals surface area contributed by atoms with Gasteiger partial charge in [-0.3, -0.25) is 0 Å². The topological polar surface area (TPSA) is 57.0 Å². The Kier molecular flexibility index (Phi) is 3.96. The average molecular weight is 293 g/mol. The molecule has 0 unspecified atom stereocenters. The molecule has 3 aromatic rings. The molecule has 3 rings (SSSR count). The number of aromatic nitrogens is 3. The zero-order valence-corrected chi connectivity index (χ0v) is 12.1. The Labute approximate surface area is 127 Å². The summed E-state index contributed by atoms with van der Waals surface area (Å²) < 4.78 is 6.68. The Morgan fingerprint density at radius 2 is 1.86 bits per heavy atom. The second-order valence-corrected chi connectivity index (χ2v) is 4.64. The van der Waals surface area contributed by atoms with Crippen molar-refractivity contribution in [1.82, 2.24) is 15.0 Å². The second kappa shape index (κ2) is 6.22. The van der Waals surface area contributed by atoms with E-state index in [1.54, 1.807) is 11.6 Å². The Balaban J connectivity index is 2.15. The molecule has 0 aliphatic carbocycles. The lowest BCUT2D eigenvalue weighted by molar-refractivity contribution is -0.137. The number of hydrogen-bond donors (Lipinski definition) is 0. The highest BCUT2D eigenvalue weighted by Gasteiger charge is 2.12. The van der Waals surface area contributed by atoms with Gasteiger partial charge in [0.25, 0.3) is 0 Å². The quantitative estimate of drug-likeness (QED) is 0.548. The predicted octanol–water partition coefficient (Wildman–Crippen LogP) is 2.88. The van der Waals surface area contributed by atoms with Crippen LogP contribution in [0.15, 0.2) is 60.7 Å². The summed E-state index contributed by atoms with van der Waals surface area (Å²) in [6.45, 7) is 2.11. The van der Waals surface area contributed by atoms with Crippen molar-refractivity contribution in [2.24, 2.45) is 0 Å². The molecule has 0 bridgehead atoms. The summed E-state index contributed by atoms with van der Waals surface area (Å²) in [7, 11) is 0. The Bertz CT molecular complexity index is 822. The summed E-state index contributed by atoms with van der Waals surface area (Å²) >= 11 is 0. The van der Waals surface area contributed by atoms with E-state index in [0.29, 0.717) is 12.3 Å². The maximum Gasteiger partial charge on any atom is 0.332 e. The zero-order valence-electron chi connectivity index (χ0n) is 12.1. The third kappa shape index (κ3) is 2.74. The van der Waals surface area contributed by atoms with E-state index in [0.717, 1.165) is 16.6 Å². The lowest BCUT2D eigenvalue weighted by atomic mass is 10.1. The normalized spacial score (nSPS) is 11.6. The highest BCUT2D eigenvalue weighted by atomic mass is 16.5. The number of ether oxygens (including phenoxy) is 1. The first-order valence-corrected chi connectivity index (χ1v) is 7.04. The highest BCUT2D eigenvalue weighted by Crippen LogP contribution is 2.21. The van der Waals surface area contributed by atoms with Gasteiger partial charge in [0.15, 0.2) is 0 Å². The van der Waals surface area contributed by atoms with Crippen molar-refractivity contribution in [3.05, 3.63) is 66.2 Å². The van der Waals surface area contributed by atoms with E-state index in [1.807, 2.05) is 54.6 Å². The van der Waals surface area contributed by atoms with Crippen LogP contribution in [0, 0.1) is 0 Å². The van der Waals surface area contributed by atoms with Crippen molar-refractivity contribution in [1.29, 1.82) is 0 Å². The van der Waals surface area contributed by atoms with Crippen LogP contribution >= 0.6 is 0 Å². The maximum absolute atomic E-state index is 11.9. The number of rotatable bonds is 4. The van der Waals surface area contributed by atoms with Crippen molar-refractivity contribution in [2.75, 3.05) is 6.61 Å². The number of carbonyl (C=O) groups excluding carboxylic acids is 1. The molecule has 0 N–H and O–H groups in total. The lowest BCUT2D eigenvalue weighted by Crippen LogP contribution is -2.07. The van der Waals surface area contributed by atoms with Crippen molar-refractivity contribution < 1.29 is 9.53 Å². The third-order valence-corrected chi connectivity index (χ3v) is 3.19. The van der Waals surface area contributed by atoms with Gasteiger partial charge in [0.1, 0.15) is 5.52 Å². The maximum atomic E-state index is 11.9. The number of nitrogens with zero attached hydrogens (tertiary/aromatic N) is 3. The van der Waals surface area contributed by atoms with Gasteiger partial charge in [0.2, 0.25) is 0 Å². The molecule has 0 fully saturated rings. The first-order chi connectivity index (χ1) is 10.8. The molecule has 5 nitrogen and oxygen atoms in total. The minimum atomic E-state index is -0.402. The smallest absolute Gasteiger partial charge is 0.332 e. The number of fused-ring (bicyclic) bond motifs is 1. The van der Waals surface area contributed by atoms with Crippen LogP contribution in [0.1, 0.15) is 12.5 Å².